The number of aliphatic hydroxyl groups excluding tert-OH is 1. The molecule has 1 aliphatic rings. The Balaban J connectivity index is 2.26. The van der Waals surface area contributed by atoms with E-state index >= 15 is 0 Å². The van der Waals surface area contributed by atoms with Crippen LogP contribution < -0.4 is 0 Å². The van der Waals surface area contributed by atoms with Crippen LogP contribution in [0.25, 0.3) is 0 Å². The first-order chi connectivity index (χ1) is 7.60. The van der Waals surface area contributed by atoms with Crippen LogP contribution in [0.15, 0.2) is 35.2 Å². The number of hydrogen-bond acceptors (Lipinski definition) is 3. The van der Waals surface area contributed by atoms with Crippen molar-refractivity contribution in [1.82, 2.24) is 0 Å². The Morgan fingerprint density at radius 1 is 1.12 bits per heavy atom. The molecule has 1 saturated carbocycles. The molecule has 0 heterocycles. The molecule has 0 bridgehead atoms. The number of benzene rings is 1. The summed E-state index contributed by atoms with van der Waals surface area (Å²) in [5.74, 6) is 0. The first kappa shape index (κ1) is 11.6. The Morgan fingerprint density at radius 3 is 2.44 bits per heavy atom. The molecule has 1 fully saturated rings. The second kappa shape index (κ2) is 4.55. The van der Waals surface area contributed by atoms with Gasteiger partial charge in [-0.15, -0.1) is 0 Å². The van der Waals surface area contributed by atoms with Crippen LogP contribution in [0.4, 0.5) is 0 Å². The highest BCUT2D eigenvalue weighted by atomic mass is 32.2. The van der Waals surface area contributed by atoms with E-state index in [1.54, 1.807) is 30.3 Å². The van der Waals surface area contributed by atoms with Gasteiger partial charge in [-0.3, -0.25) is 0 Å². The average Bonchev–Trinajstić information content (AvgIpc) is 2.30. The van der Waals surface area contributed by atoms with Gasteiger partial charge in [-0.25, -0.2) is 8.42 Å². The summed E-state index contributed by atoms with van der Waals surface area (Å²) in [5.41, 5.74) is 0. The summed E-state index contributed by atoms with van der Waals surface area (Å²) in [6, 6.07) is 8.50. The smallest absolute Gasteiger partial charge is 0.181 e. The van der Waals surface area contributed by atoms with E-state index in [0.29, 0.717) is 17.7 Å². The molecule has 0 radical (unpaired) electrons. The van der Waals surface area contributed by atoms with Crippen LogP contribution in [-0.2, 0) is 9.84 Å². The van der Waals surface area contributed by atoms with E-state index < -0.39 is 21.2 Å². The fourth-order valence-corrected chi connectivity index (χ4v) is 4.08. The third-order valence-electron chi connectivity index (χ3n) is 3.11. The second-order valence-electron chi connectivity index (χ2n) is 4.30. The molecule has 0 aliphatic heterocycles. The lowest BCUT2D eigenvalue weighted by Gasteiger charge is -2.25. The molecule has 0 unspecified atom stereocenters. The van der Waals surface area contributed by atoms with Gasteiger partial charge in [0.1, 0.15) is 0 Å². The lowest BCUT2D eigenvalue weighted by Crippen LogP contribution is -2.30. The van der Waals surface area contributed by atoms with Crippen molar-refractivity contribution in [3.8, 4) is 0 Å². The predicted molar refractivity (Wildman–Crippen MR) is 61.9 cm³/mol. The monoisotopic (exact) mass is 240 g/mol. The normalized spacial score (nSPS) is 26.6. The minimum atomic E-state index is -3.25. The van der Waals surface area contributed by atoms with E-state index in [-0.39, 0.29) is 0 Å². The van der Waals surface area contributed by atoms with Crippen molar-refractivity contribution < 1.29 is 13.5 Å². The van der Waals surface area contributed by atoms with Crippen molar-refractivity contribution in [3.63, 3.8) is 0 Å². The molecule has 16 heavy (non-hydrogen) atoms. The molecule has 0 amide bonds. The molecule has 1 aliphatic carbocycles. The second-order valence-corrected chi connectivity index (χ2v) is 6.53. The summed E-state index contributed by atoms with van der Waals surface area (Å²) in [4.78, 5) is 0.370. The van der Waals surface area contributed by atoms with Crippen LogP contribution in [0.1, 0.15) is 25.7 Å². The van der Waals surface area contributed by atoms with Crippen molar-refractivity contribution in [3.05, 3.63) is 30.3 Å². The summed E-state index contributed by atoms with van der Waals surface area (Å²) < 4.78 is 24.4. The lowest BCUT2D eigenvalue weighted by atomic mass is 9.97. The molecule has 3 nitrogen and oxygen atoms in total. The fourth-order valence-electron chi connectivity index (χ4n) is 2.20. The van der Waals surface area contributed by atoms with E-state index in [1.807, 2.05) is 0 Å². The zero-order valence-corrected chi connectivity index (χ0v) is 9.86. The molecule has 1 aromatic rings. The highest BCUT2D eigenvalue weighted by Crippen LogP contribution is 2.28. The zero-order valence-electron chi connectivity index (χ0n) is 9.04. The molecule has 0 aromatic heterocycles. The summed E-state index contributed by atoms with van der Waals surface area (Å²) in [6.07, 6.45) is 2.08. The molecule has 2 rings (SSSR count). The van der Waals surface area contributed by atoms with Crippen LogP contribution >= 0.6 is 0 Å². The van der Waals surface area contributed by atoms with Crippen molar-refractivity contribution in [2.45, 2.75) is 41.9 Å². The summed E-state index contributed by atoms with van der Waals surface area (Å²) in [5, 5.41) is 9.11. The number of rotatable bonds is 2. The average molecular weight is 240 g/mol. The fraction of sp³-hybridized carbons (Fsp3) is 0.500. The van der Waals surface area contributed by atoms with Gasteiger partial charge >= 0.3 is 0 Å². The summed E-state index contributed by atoms with van der Waals surface area (Å²) in [7, 11) is -3.25. The predicted octanol–water partition coefficient (Wildman–Crippen LogP) is 1.76. The van der Waals surface area contributed by atoms with E-state index in [4.69, 9.17) is 0 Å². The number of aliphatic hydroxyl groups is 1. The molecule has 1 N–H and O–H groups in total. The maximum absolute atomic E-state index is 12.2. The lowest BCUT2D eigenvalue weighted by molar-refractivity contribution is 0.131. The molecule has 0 spiro atoms. The number of sulfone groups is 1. The van der Waals surface area contributed by atoms with Crippen LogP contribution in [0, 0.1) is 0 Å². The zero-order chi connectivity index (χ0) is 11.6. The first-order valence-corrected chi connectivity index (χ1v) is 7.12. The van der Waals surface area contributed by atoms with Crippen LogP contribution in [-0.4, -0.2) is 24.9 Å². The summed E-state index contributed by atoms with van der Waals surface area (Å²) in [6.45, 7) is 0. The van der Waals surface area contributed by atoms with Gasteiger partial charge < -0.3 is 5.11 Å². The Bertz CT molecular complexity index is 439. The molecule has 0 saturated heterocycles. The standard InChI is InChI=1S/C12H16O3S/c13-10-5-4-8-12(9-10)16(14,15)11-6-2-1-3-7-11/h1-3,6-7,10,12-13H,4-5,8-9H2/t10-,12-/m0/s1. The molecule has 88 valence electrons. The van der Waals surface area contributed by atoms with Gasteiger partial charge in [0.2, 0.25) is 0 Å². The minimum Gasteiger partial charge on any atom is -0.393 e. The molecule has 4 heteroatoms. The van der Waals surface area contributed by atoms with Crippen LogP contribution in [0.3, 0.4) is 0 Å². The van der Waals surface area contributed by atoms with Crippen molar-refractivity contribution in [1.29, 1.82) is 0 Å². The van der Waals surface area contributed by atoms with Crippen LogP contribution in [0.5, 0.6) is 0 Å². The van der Waals surface area contributed by atoms with Gasteiger partial charge in [-0.1, -0.05) is 18.2 Å². The largest absolute Gasteiger partial charge is 0.393 e. The van der Waals surface area contributed by atoms with E-state index in [1.165, 1.54) is 0 Å². The van der Waals surface area contributed by atoms with E-state index in [2.05, 4.69) is 0 Å². The van der Waals surface area contributed by atoms with E-state index in [0.717, 1.165) is 12.8 Å². The Labute approximate surface area is 96.0 Å². The minimum absolute atomic E-state index is 0.370. The maximum atomic E-state index is 12.2. The third-order valence-corrected chi connectivity index (χ3v) is 5.34. The number of hydrogen-bond donors (Lipinski definition) is 1. The quantitative estimate of drug-likeness (QED) is 0.857. The van der Waals surface area contributed by atoms with Crippen LogP contribution in [0.2, 0.25) is 0 Å². The van der Waals surface area contributed by atoms with Gasteiger partial charge in [0, 0.05) is 0 Å². The molecular weight excluding hydrogens is 224 g/mol. The van der Waals surface area contributed by atoms with Gasteiger partial charge in [-0.2, -0.15) is 0 Å². The Hall–Kier alpha value is -0.870. The first-order valence-electron chi connectivity index (χ1n) is 5.58. The van der Waals surface area contributed by atoms with Gasteiger partial charge in [0.15, 0.2) is 9.84 Å². The van der Waals surface area contributed by atoms with Gasteiger partial charge in [-0.05, 0) is 37.8 Å². The van der Waals surface area contributed by atoms with Gasteiger partial charge in [0.25, 0.3) is 0 Å². The topological polar surface area (TPSA) is 54.4 Å². The molecule has 1 aromatic carbocycles. The van der Waals surface area contributed by atoms with Crippen molar-refractivity contribution >= 4 is 9.84 Å². The SMILES string of the molecule is O=S(=O)(c1ccccc1)[C@H]1CCC[C@H](O)C1. The Kier molecular flexibility index (Phi) is 3.30. The molecular formula is C12H16O3S. The summed E-state index contributed by atoms with van der Waals surface area (Å²) >= 11 is 0. The third kappa shape index (κ3) is 2.28. The van der Waals surface area contributed by atoms with Crippen molar-refractivity contribution in [2.75, 3.05) is 0 Å². The highest BCUT2D eigenvalue weighted by Gasteiger charge is 2.31. The maximum Gasteiger partial charge on any atom is 0.181 e. The highest BCUT2D eigenvalue weighted by molar-refractivity contribution is 7.92. The van der Waals surface area contributed by atoms with Gasteiger partial charge in [0.05, 0.1) is 16.2 Å². The Morgan fingerprint density at radius 2 is 1.81 bits per heavy atom. The molecule has 2 atom stereocenters. The van der Waals surface area contributed by atoms with Crippen molar-refractivity contribution in [2.24, 2.45) is 0 Å². The van der Waals surface area contributed by atoms with E-state index in [9.17, 15) is 13.5 Å².